The average Bonchev–Trinajstić information content (AvgIpc) is 2.57. The Hall–Kier alpha value is -1.91. The summed E-state index contributed by atoms with van der Waals surface area (Å²) in [6.07, 6.45) is 1.86. The van der Waals surface area contributed by atoms with Crippen molar-refractivity contribution in [3.8, 4) is 0 Å². The third kappa shape index (κ3) is 3.64. The van der Waals surface area contributed by atoms with Crippen molar-refractivity contribution in [3.05, 3.63) is 59.8 Å². The van der Waals surface area contributed by atoms with Gasteiger partial charge in [-0.05, 0) is 30.2 Å². The number of piperazine rings is 1. The van der Waals surface area contributed by atoms with Crippen LogP contribution in [0, 0.1) is 0 Å². The van der Waals surface area contributed by atoms with Crippen LogP contribution >= 0.6 is 0 Å². The largest absolute Gasteiger partial charge is 0.354 e. The summed E-state index contributed by atoms with van der Waals surface area (Å²) >= 11 is 0. The smallest absolute Gasteiger partial charge is 0.128 e. The Balaban J connectivity index is 1.53. The lowest BCUT2D eigenvalue weighted by atomic mass is 10.1. The summed E-state index contributed by atoms with van der Waals surface area (Å²) in [7, 11) is 0. The van der Waals surface area contributed by atoms with Crippen LogP contribution in [0.4, 0.5) is 5.82 Å². The second kappa shape index (κ2) is 6.90. The molecule has 0 spiro atoms. The van der Waals surface area contributed by atoms with Crippen LogP contribution in [0.15, 0.2) is 48.7 Å². The summed E-state index contributed by atoms with van der Waals surface area (Å²) < 4.78 is 0. The van der Waals surface area contributed by atoms with Crippen molar-refractivity contribution in [2.75, 3.05) is 31.1 Å². The minimum atomic E-state index is 0.107. The van der Waals surface area contributed by atoms with Crippen molar-refractivity contribution in [2.24, 2.45) is 5.73 Å². The van der Waals surface area contributed by atoms with Crippen LogP contribution < -0.4 is 10.6 Å². The van der Waals surface area contributed by atoms with Gasteiger partial charge in [0.05, 0.1) is 0 Å². The van der Waals surface area contributed by atoms with E-state index in [-0.39, 0.29) is 6.04 Å². The van der Waals surface area contributed by atoms with Gasteiger partial charge >= 0.3 is 0 Å². The van der Waals surface area contributed by atoms with E-state index in [2.05, 4.69) is 51.2 Å². The van der Waals surface area contributed by atoms with Crippen molar-refractivity contribution >= 4 is 5.82 Å². The van der Waals surface area contributed by atoms with Crippen LogP contribution in [-0.2, 0) is 6.54 Å². The summed E-state index contributed by atoms with van der Waals surface area (Å²) in [5, 5.41) is 0. The van der Waals surface area contributed by atoms with Crippen molar-refractivity contribution in [1.29, 1.82) is 0 Å². The number of aromatic nitrogens is 1. The Labute approximate surface area is 132 Å². The molecule has 22 heavy (non-hydrogen) atoms. The minimum absolute atomic E-state index is 0.107. The zero-order valence-electron chi connectivity index (χ0n) is 13.2. The van der Waals surface area contributed by atoms with Gasteiger partial charge in [-0.2, -0.15) is 0 Å². The lowest BCUT2D eigenvalue weighted by molar-refractivity contribution is 0.249. The molecular weight excluding hydrogens is 272 g/mol. The predicted octanol–water partition coefficient (Wildman–Crippen LogP) is 2.42. The Morgan fingerprint density at radius 3 is 2.36 bits per heavy atom. The standard InChI is InChI=1S/C18H24N4/c1-15(19)17-7-5-16(6-8-17)14-21-10-12-22(13-11-21)18-4-2-3-9-20-18/h2-9,15H,10-14,19H2,1H3. The molecule has 3 rings (SSSR count). The van der Waals surface area contributed by atoms with Gasteiger partial charge in [0.1, 0.15) is 5.82 Å². The highest BCUT2D eigenvalue weighted by Gasteiger charge is 2.17. The Morgan fingerprint density at radius 2 is 1.77 bits per heavy atom. The normalized spacial score (nSPS) is 17.5. The van der Waals surface area contributed by atoms with Crippen molar-refractivity contribution in [1.82, 2.24) is 9.88 Å². The summed E-state index contributed by atoms with van der Waals surface area (Å²) in [5.74, 6) is 1.09. The van der Waals surface area contributed by atoms with Crippen LogP contribution in [0.5, 0.6) is 0 Å². The molecule has 1 unspecified atom stereocenters. The van der Waals surface area contributed by atoms with Gasteiger partial charge in [-0.15, -0.1) is 0 Å². The Bertz CT molecular complexity index is 572. The van der Waals surface area contributed by atoms with Crippen LogP contribution in [0.2, 0.25) is 0 Å². The van der Waals surface area contributed by atoms with E-state index in [1.165, 1.54) is 11.1 Å². The average molecular weight is 296 g/mol. The number of anilines is 1. The number of benzene rings is 1. The molecule has 1 aliphatic rings. The summed E-state index contributed by atoms with van der Waals surface area (Å²) in [4.78, 5) is 9.29. The molecule has 0 aliphatic carbocycles. The zero-order valence-corrected chi connectivity index (χ0v) is 13.2. The number of hydrogen-bond donors (Lipinski definition) is 1. The highest BCUT2D eigenvalue weighted by molar-refractivity contribution is 5.38. The molecule has 1 fully saturated rings. The van der Waals surface area contributed by atoms with Gasteiger partial charge in [-0.3, -0.25) is 4.90 Å². The molecule has 0 saturated carbocycles. The van der Waals surface area contributed by atoms with Crippen LogP contribution in [-0.4, -0.2) is 36.1 Å². The van der Waals surface area contributed by atoms with Gasteiger partial charge in [0, 0.05) is 45.0 Å². The van der Waals surface area contributed by atoms with E-state index in [1.807, 2.05) is 19.2 Å². The molecule has 0 amide bonds. The molecule has 2 N–H and O–H groups in total. The fourth-order valence-electron chi connectivity index (χ4n) is 2.86. The van der Waals surface area contributed by atoms with Gasteiger partial charge in [-0.25, -0.2) is 4.98 Å². The highest BCUT2D eigenvalue weighted by Crippen LogP contribution is 2.16. The number of nitrogens with zero attached hydrogens (tertiary/aromatic N) is 3. The van der Waals surface area contributed by atoms with Gasteiger partial charge in [0.25, 0.3) is 0 Å². The second-order valence-electron chi connectivity index (χ2n) is 5.98. The van der Waals surface area contributed by atoms with Gasteiger partial charge < -0.3 is 10.6 Å². The third-order valence-corrected chi connectivity index (χ3v) is 4.26. The minimum Gasteiger partial charge on any atom is -0.354 e. The number of nitrogens with two attached hydrogens (primary N) is 1. The Morgan fingerprint density at radius 1 is 1.05 bits per heavy atom. The number of pyridine rings is 1. The second-order valence-corrected chi connectivity index (χ2v) is 5.98. The van der Waals surface area contributed by atoms with Gasteiger partial charge in [0.2, 0.25) is 0 Å². The summed E-state index contributed by atoms with van der Waals surface area (Å²) in [6, 6.07) is 14.9. The van der Waals surface area contributed by atoms with E-state index in [1.54, 1.807) is 0 Å². The molecule has 4 nitrogen and oxygen atoms in total. The van der Waals surface area contributed by atoms with Crippen molar-refractivity contribution < 1.29 is 0 Å². The first kappa shape index (κ1) is 15.0. The van der Waals surface area contributed by atoms with E-state index in [0.29, 0.717) is 0 Å². The quantitative estimate of drug-likeness (QED) is 0.941. The highest BCUT2D eigenvalue weighted by atomic mass is 15.3. The Kier molecular flexibility index (Phi) is 4.71. The maximum absolute atomic E-state index is 5.90. The van der Waals surface area contributed by atoms with Crippen LogP contribution in [0.3, 0.4) is 0 Å². The molecule has 1 aliphatic heterocycles. The maximum Gasteiger partial charge on any atom is 0.128 e. The van der Waals surface area contributed by atoms with Crippen molar-refractivity contribution in [2.45, 2.75) is 19.5 Å². The SMILES string of the molecule is CC(N)c1ccc(CN2CCN(c3ccccn3)CC2)cc1. The molecule has 1 atom stereocenters. The molecule has 2 aromatic rings. The van der Waals surface area contributed by atoms with Crippen LogP contribution in [0.1, 0.15) is 24.1 Å². The first-order valence-corrected chi connectivity index (χ1v) is 7.95. The van der Waals surface area contributed by atoms with Gasteiger partial charge in [-0.1, -0.05) is 30.3 Å². The van der Waals surface area contributed by atoms with E-state index in [0.717, 1.165) is 38.5 Å². The first-order valence-electron chi connectivity index (χ1n) is 7.95. The van der Waals surface area contributed by atoms with E-state index in [4.69, 9.17) is 5.73 Å². The first-order chi connectivity index (χ1) is 10.7. The van der Waals surface area contributed by atoms with Crippen molar-refractivity contribution in [3.63, 3.8) is 0 Å². The molecule has 116 valence electrons. The predicted molar refractivity (Wildman–Crippen MR) is 90.8 cm³/mol. The molecule has 0 bridgehead atoms. The molecule has 2 heterocycles. The van der Waals surface area contributed by atoms with Crippen LogP contribution in [0.25, 0.3) is 0 Å². The molecule has 0 radical (unpaired) electrons. The monoisotopic (exact) mass is 296 g/mol. The summed E-state index contributed by atoms with van der Waals surface area (Å²) in [5.41, 5.74) is 8.45. The molecule has 1 aromatic carbocycles. The molecule has 4 heteroatoms. The van der Waals surface area contributed by atoms with E-state index < -0.39 is 0 Å². The lowest BCUT2D eigenvalue weighted by Crippen LogP contribution is -2.46. The molecular formula is C18H24N4. The fourth-order valence-corrected chi connectivity index (χ4v) is 2.86. The van der Waals surface area contributed by atoms with Gasteiger partial charge in [0.15, 0.2) is 0 Å². The third-order valence-electron chi connectivity index (χ3n) is 4.26. The summed E-state index contributed by atoms with van der Waals surface area (Å²) in [6.45, 7) is 7.25. The number of rotatable bonds is 4. The fraction of sp³-hybridized carbons (Fsp3) is 0.389. The zero-order chi connectivity index (χ0) is 15.4. The molecule has 1 aromatic heterocycles. The van der Waals surface area contributed by atoms with E-state index >= 15 is 0 Å². The maximum atomic E-state index is 5.90. The lowest BCUT2D eigenvalue weighted by Gasteiger charge is -2.35. The topological polar surface area (TPSA) is 45.4 Å². The molecule has 1 saturated heterocycles. The van der Waals surface area contributed by atoms with E-state index in [9.17, 15) is 0 Å². The number of hydrogen-bond acceptors (Lipinski definition) is 4.